The van der Waals surface area contributed by atoms with Crippen LogP contribution in [0.5, 0.6) is 0 Å². The van der Waals surface area contributed by atoms with E-state index in [9.17, 15) is 13.2 Å². The Balaban J connectivity index is 2.29. The second-order valence-electron chi connectivity index (χ2n) is 4.73. The van der Waals surface area contributed by atoms with Gasteiger partial charge in [-0.15, -0.1) is 11.3 Å². The number of nitrogens with zero attached hydrogens (tertiary/aromatic N) is 2. The molecule has 0 aliphatic rings. The van der Waals surface area contributed by atoms with Gasteiger partial charge in [0.1, 0.15) is 0 Å². The monoisotopic (exact) mass is 315 g/mol. The van der Waals surface area contributed by atoms with Crippen molar-refractivity contribution in [3.63, 3.8) is 0 Å². The highest BCUT2D eigenvalue weighted by Crippen LogP contribution is 2.35. The Bertz CT molecular complexity index is 569. The summed E-state index contributed by atoms with van der Waals surface area (Å²) in [6, 6.07) is 5.06. The second kappa shape index (κ2) is 6.55. The van der Waals surface area contributed by atoms with E-state index in [2.05, 4.69) is 4.98 Å². The first-order valence-electron chi connectivity index (χ1n) is 6.37. The van der Waals surface area contributed by atoms with Crippen molar-refractivity contribution in [2.75, 3.05) is 13.6 Å². The predicted molar refractivity (Wildman–Crippen MR) is 76.8 cm³/mol. The normalized spacial score (nSPS) is 13.6. The molecule has 0 saturated carbocycles. The van der Waals surface area contributed by atoms with Gasteiger partial charge in [0, 0.05) is 24.5 Å². The molecule has 0 aliphatic heterocycles. The van der Waals surface area contributed by atoms with Gasteiger partial charge in [0.25, 0.3) is 0 Å². The predicted octanol–water partition coefficient (Wildman–Crippen LogP) is 3.29. The smallest absolute Gasteiger partial charge is 0.329 e. The summed E-state index contributed by atoms with van der Waals surface area (Å²) in [7, 11) is 1.75. The van der Waals surface area contributed by atoms with E-state index in [1.54, 1.807) is 23.5 Å². The minimum Gasteiger partial charge on any atom is -0.329 e. The molecule has 0 saturated heterocycles. The van der Waals surface area contributed by atoms with E-state index in [0.717, 1.165) is 11.8 Å². The van der Waals surface area contributed by atoms with Crippen molar-refractivity contribution in [3.8, 4) is 0 Å². The molecule has 0 bridgehead atoms. The van der Waals surface area contributed by atoms with Crippen molar-refractivity contribution in [3.05, 3.63) is 52.0 Å². The standard InChI is InChI=1S/C14H16F3N3S/c1-20(7-10-8-21-9-19-10)13(6-18)11-4-2-3-5-12(11)14(15,16)17/h2-5,8-9,13H,6-7,18H2,1H3. The van der Waals surface area contributed by atoms with Gasteiger partial charge in [-0.05, 0) is 18.7 Å². The summed E-state index contributed by atoms with van der Waals surface area (Å²) in [4.78, 5) is 5.94. The van der Waals surface area contributed by atoms with Gasteiger partial charge in [-0.3, -0.25) is 4.90 Å². The van der Waals surface area contributed by atoms with Gasteiger partial charge in [0.05, 0.1) is 16.8 Å². The quantitative estimate of drug-likeness (QED) is 0.920. The fourth-order valence-corrected chi connectivity index (χ4v) is 2.82. The number of alkyl halides is 3. The highest BCUT2D eigenvalue weighted by atomic mass is 32.1. The molecule has 1 aromatic heterocycles. The Morgan fingerprint density at radius 2 is 2.05 bits per heavy atom. The molecule has 2 aromatic rings. The topological polar surface area (TPSA) is 42.2 Å². The highest BCUT2D eigenvalue weighted by molar-refractivity contribution is 7.07. The molecule has 2 rings (SSSR count). The number of hydrogen-bond donors (Lipinski definition) is 1. The molecule has 2 N–H and O–H groups in total. The molecule has 0 radical (unpaired) electrons. The molecule has 1 aromatic carbocycles. The third-order valence-electron chi connectivity index (χ3n) is 3.28. The van der Waals surface area contributed by atoms with Gasteiger partial charge < -0.3 is 5.73 Å². The maximum Gasteiger partial charge on any atom is 0.416 e. The molecule has 1 atom stereocenters. The van der Waals surface area contributed by atoms with Crippen LogP contribution in [0.3, 0.4) is 0 Å². The summed E-state index contributed by atoms with van der Waals surface area (Å²) in [6.07, 6.45) is -4.38. The highest BCUT2D eigenvalue weighted by Gasteiger charge is 2.35. The fourth-order valence-electron chi connectivity index (χ4n) is 2.27. The molecule has 1 unspecified atom stereocenters. The molecule has 0 fully saturated rings. The van der Waals surface area contributed by atoms with Gasteiger partial charge >= 0.3 is 6.18 Å². The average molecular weight is 315 g/mol. The lowest BCUT2D eigenvalue weighted by Crippen LogP contribution is -2.32. The van der Waals surface area contributed by atoms with Gasteiger partial charge in [0.15, 0.2) is 0 Å². The maximum absolute atomic E-state index is 13.1. The van der Waals surface area contributed by atoms with E-state index in [1.807, 2.05) is 5.38 Å². The van der Waals surface area contributed by atoms with Crippen LogP contribution in [0.15, 0.2) is 35.2 Å². The van der Waals surface area contributed by atoms with E-state index in [0.29, 0.717) is 6.54 Å². The summed E-state index contributed by atoms with van der Waals surface area (Å²) in [5, 5.41) is 1.87. The molecule has 114 valence electrons. The Labute approximate surface area is 125 Å². The van der Waals surface area contributed by atoms with E-state index < -0.39 is 17.8 Å². The molecule has 3 nitrogen and oxygen atoms in total. The van der Waals surface area contributed by atoms with E-state index in [-0.39, 0.29) is 12.1 Å². The Hall–Kier alpha value is -1.44. The number of rotatable bonds is 5. The third-order valence-corrected chi connectivity index (χ3v) is 3.91. The average Bonchev–Trinajstić information content (AvgIpc) is 2.92. The zero-order chi connectivity index (χ0) is 15.5. The Morgan fingerprint density at radius 3 is 2.62 bits per heavy atom. The first-order valence-corrected chi connectivity index (χ1v) is 7.31. The molecule has 0 aliphatic carbocycles. The number of halogens is 3. The lowest BCUT2D eigenvalue weighted by molar-refractivity contribution is -0.138. The Kier molecular flexibility index (Phi) is 4.97. The molecular formula is C14H16F3N3S. The van der Waals surface area contributed by atoms with Crippen molar-refractivity contribution < 1.29 is 13.2 Å². The van der Waals surface area contributed by atoms with Crippen LogP contribution in [0.4, 0.5) is 13.2 Å². The van der Waals surface area contributed by atoms with Crippen molar-refractivity contribution in [1.82, 2.24) is 9.88 Å². The number of benzene rings is 1. The third kappa shape index (κ3) is 3.81. The van der Waals surface area contributed by atoms with Gasteiger partial charge in [-0.25, -0.2) is 4.98 Å². The number of nitrogens with two attached hydrogens (primary N) is 1. The molecule has 1 heterocycles. The van der Waals surface area contributed by atoms with Crippen molar-refractivity contribution in [2.24, 2.45) is 5.73 Å². The zero-order valence-electron chi connectivity index (χ0n) is 11.5. The minimum atomic E-state index is -4.38. The van der Waals surface area contributed by atoms with Crippen LogP contribution in [-0.2, 0) is 12.7 Å². The van der Waals surface area contributed by atoms with Crippen LogP contribution in [-0.4, -0.2) is 23.5 Å². The summed E-state index contributed by atoms with van der Waals surface area (Å²) in [5.41, 5.74) is 7.81. The number of aromatic nitrogens is 1. The van der Waals surface area contributed by atoms with Gasteiger partial charge in [0.2, 0.25) is 0 Å². The van der Waals surface area contributed by atoms with Gasteiger partial charge in [-0.1, -0.05) is 18.2 Å². The van der Waals surface area contributed by atoms with E-state index >= 15 is 0 Å². The maximum atomic E-state index is 13.1. The van der Waals surface area contributed by atoms with Crippen LogP contribution in [0.25, 0.3) is 0 Å². The van der Waals surface area contributed by atoms with Crippen LogP contribution >= 0.6 is 11.3 Å². The molecule has 21 heavy (non-hydrogen) atoms. The first kappa shape index (κ1) is 15.9. The zero-order valence-corrected chi connectivity index (χ0v) is 12.3. The van der Waals surface area contributed by atoms with E-state index in [4.69, 9.17) is 5.73 Å². The van der Waals surface area contributed by atoms with Crippen molar-refractivity contribution in [1.29, 1.82) is 0 Å². The van der Waals surface area contributed by atoms with Crippen molar-refractivity contribution in [2.45, 2.75) is 18.8 Å². The van der Waals surface area contributed by atoms with E-state index in [1.165, 1.54) is 23.5 Å². The largest absolute Gasteiger partial charge is 0.416 e. The fraction of sp³-hybridized carbons (Fsp3) is 0.357. The summed E-state index contributed by atoms with van der Waals surface area (Å²) < 4.78 is 39.3. The van der Waals surface area contributed by atoms with Crippen LogP contribution in [0.2, 0.25) is 0 Å². The summed E-state index contributed by atoms with van der Waals surface area (Å²) >= 11 is 1.46. The minimum absolute atomic E-state index is 0.105. The Morgan fingerprint density at radius 1 is 1.33 bits per heavy atom. The van der Waals surface area contributed by atoms with Crippen molar-refractivity contribution >= 4 is 11.3 Å². The van der Waals surface area contributed by atoms with Crippen LogP contribution < -0.4 is 5.73 Å². The second-order valence-corrected chi connectivity index (χ2v) is 5.45. The number of hydrogen-bond acceptors (Lipinski definition) is 4. The lowest BCUT2D eigenvalue weighted by atomic mass is 9.98. The molecular weight excluding hydrogens is 299 g/mol. The van der Waals surface area contributed by atoms with Gasteiger partial charge in [-0.2, -0.15) is 13.2 Å². The molecule has 7 heteroatoms. The van der Waals surface area contributed by atoms with Crippen LogP contribution in [0.1, 0.15) is 22.9 Å². The SMILES string of the molecule is CN(Cc1cscn1)C(CN)c1ccccc1C(F)(F)F. The first-order chi connectivity index (χ1) is 9.93. The lowest BCUT2D eigenvalue weighted by Gasteiger charge is -2.29. The number of thiazole rings is 1. The summed E-state index contributed by atoms with van der Waals surface area (Å²) in [5.74, 6) is 0. The van der Waals surface area contributed by atoms with Crippen LogP contribution in [0, 0.1) is 0 Å². The molecule has 0 amide bonds. The summed E-state index contributed by atoms with van der Waals surface area (Å²) in [6.45, 7) is 0.561. The number of likely N-dealkylation sites (N-methyl/N-ethyl adjacent to an activating group) is 1. The molecule has 0 spiro atoms.